The summed E-state index contributed by atoms with van der Waals surface area (Å²) in [5, 5.41) is 10.5. The molecule has 0 aliphatic heterocycles. The highest BCUT2D eigenvalue weighted by Gasteiger charge is 2.18. The molecule has 0 saturated carbocycles. The molecule has 0 aromatic heterocycles. The van der Waals surface area contributed by atoms with Crippen LogP contribution in [-0.2, 0) is 15.3 Å². The van der Waals surface area contributed by atoms with Gasteiger partial charge in [0.25, 0.3) is 5.69 Å². The molecule has 0 spiro atoms. The molecule has 0 N–H and O–H groups in total. The molecule has 0 heterocycles. The van der Waals surface area contributed by atoms with E-state index in [0.717, 1.165) is 12.1 Å². The second kappa shape index (κ2) is 5.38. The van der Waals surface area contributed by atoms with Crippen LogP contribution in [0.25, 0.3) is 0 Å². The molecular formula is C10H13FNO4P. The van der Waals surface area contributed by atoms with E-state index in [9.17, 15) is 19.1 Å². The molecule has 1 unspecified atom stereocenters. The molecule has 0 bridgehead atoms. The average Bonchev–Trinajstić information content (AvgIpc) is 2.15. The Morgan fingerprint density at radius 3 is 2.65 bits per heavy atom. The predicted molar refractivity (Wildman–Crippen MR) is 61.9 cm³/mol. The van der Waals surface area contributed by atoms with Crippen LogP contribution in [0.2, 0.25) is 0 Å². The van der Waals surface area contributed by atoms with Crippen molar-refractivity contribution in [1.82, 2.24) is 0 Å². The number of nitro benzene ring substituents is 1. The molecule has 94 valence electrons. The Morgan fingerprint density at radius 1 is 1.47 bits per heavy atom. The lowest BCUT2D eigenvalue weighted by molar-refractivity contribution is -0.385. The van der Waals surface area contributed by atoms with Crippen molar-refractivity contribution in [2.45, 2.75) is 13.1 Å². The summed E-state index contributed by atoms with van der Waals surface area (Å²) in [6, 6.07) is 3.16. The van der Waals surface area contributed by atoms with Gasteiger partial charge < -0.3 is 4.52 Å². The average molecular weight is 261 g/mol. The minimum Gasteiger partial charge on any atom is -0.329 e. The van der Waals surface area contributed by atoms with Crippen molar-refractivity contribution in [3.8, 4) is 0 Å². The summed E-state index contributed by atoms with van der Waals surface area (Å²) in [6.07, 6.45) is -0.0144. The van der Waals surface area contributed by atoms with Gasteiger partial charge in [0, 0.05) is 18.9 Å². The molecule has 0 amide bonds. The number of hydrogen-bond donors (Lipinski definition) is 0. The van der Waals surface area contributed by atoms with Gasteiger partial charge in [0.15, 0.2) is 0 Å². The Labute approximate surface area is 98.2 Å². The smallest absolute Gasteiger partial charge is 0.272 e. The van der Waals surface area contributed by atoms with E-state index in [1.54, 1.807) is 6.92 Å². The molecule has 5 nitrogen and oxygen atoms in total. The first-order valence-electron chi connectivity index (χ1n) is 4.99. The van der Waals surface area contributed by atoms with Crippen LogP contribution in [0.15, 0.2) is 18.2 Å². The van der Waals surface area contributed by atoms with Crippen LogP contribution >= 0.6 is 7.37 Å². The number of nitro groups is 1. The molecule has 0 aliphatic carbocycles. The van der Waals surface area contributed by atoms with Crippen molar-refractivity contribution >= 4 is 13.1 Å². The second-order valence-electron chi connectivity index (χ2n) is 3.66. The lowest BCUT2D eigenvalue weighted by Crippen LogP contribution is -1.96. The van der Waals surface area contributed by atoms with Crippen LogP contribution in [0.4, 0.5) is 10.1 Å². The Hall–Kier alpha value is -1.26. The zero-order valence-corrected chi connectivity index (χ0v) is 10.4. The van der Waals surface area contributed by atoms with Crippen LogP contribution in [0.3, 0.4) is 0 Å². The molecule has 7 heteroatoms. The molecular weight excluding hydrogens is 248 g/mol. The number of hydrogen-bond acceptors (Lipinski definition) is 4. The maximum absolute atomic E-state index is 13.1. The lowest BCUT2D eigenvalue weighted by atomic mass is 10.2. The SMILES string of the molecule is CCOP(C)(=O)Cc1cc(F)cc([N+](=O)[O-])c1. The summed E-state index contributed by atoms with van der Waals surface area (Å²) >= 11 is 0. The molecule has 0 fully saturated rings. The third-order valence-corrected chi connectivity index (χ3v) is 3.77. The van der Waals surface area contributed by atoms with Crippen molar-refractivity contribution in [2.24, 2.45) is 0 Å². The fourth-order valence-electron chi connectivity index (χ4n) is 1.48. The van der Waals surface area contributed by atoms with Gasteiger partial charge in [-0.25, -0.2) is 4.39 Å². The first-order chi connectivity index (χ1) is 7.84. The number of rotatable bonds is 5. The summed E-state index contributed by atoms with van der Waals surface area (Å²) in [6.45, 7) is 3.41. The highest BCUT2D eigenvalue weighted by molar-refractivity contribution is 7.57. The van der Waals surface area contributed by atoms with Crippen LogP contribution in [0.5, 0.6) is 0 Å². The van der Waals surface area contributed by atoms with E-state index in [1.807, 2.05) is 0 Å². The highest BCUT2D eigenvalue weighted by Crippen LogP contribution is 2.46. The van der Waals surface area contributed by atoms with Crippen molar-refractivity contribution in [1.29, 1.82) is 0 Å². The van der Waals surface area contributed by atoms with E-state index in [1.165, 1.54) is 12.7 Å². The van der Waals surface area contributed by atoms with E-state index < -0.39 is 18.1 Å². The number of non-ortho nitro benzene ring substituents is 1. The highest BCUT2D eigenvalue weighted by atomic mass is 31.2. The molecule has 1 rings (SSSR count). The summed E-state index contributed by atoms with van der Waals surface area (Å²) in [7, 11) is -2.87. The normalized spacial score (nSPS) is 14.3. The van der Waals surface area contributed by atoms with Crippen LogP contribution < -0.4 is 0 Å². The number of benzene rings is 1. The van der Waals surface area contributed by atoms with Crippen molar-refractivity contribution < 1.29 is 18.4 Å². The third-order valence-electron chi connectivity index (χ3n) is 2.03. The topological polar surface area (TPSA) is 69.4 Å². The maximum atomic E-state index is 13.1. The van der Waals surface area contributed by atoms with E-state index >= 15 is 0 Å². The quantitative estimate of drug-likeness (QED) is 0.463. The van der Waals surface area contributed by atoms with E-state index in [4.69, 9.17) is 4.52 Å². The van der Waals surface area contributed by atoms with Gasteiger partial charge in [-0.1, -0.05) is 0 Å². The summed E-state index contributed by atoms with van der Waals surface area (Å²) in [5.41, 5.74) is -0.0486. The largest absolute Gasteiger partial charge is 0.329 e. The standard InChI is InChI=1S/C10H13FNO4P/c1-3-16-17(2,15)7-8-4-9(11)6-10(5-8)12(13)14/h4-6H,3,7H2,1-2H3. The third kappa shape index (κ3) is 4.24. The fourth-order valence-corrected chi connectivity index (χ4v) is 2.96. The molecule has 1 atom stereocenters. The molecule has 1 aromatic carbocycles. The van der Waals surface area contributed by atoms with E-state index in [2.05, 4.69) is 0 Å². The first kappa shape index (κ1) is 13.8. The fraction of sp³-hybridized carbons (Fsp3) is 0.400. The van der Waals surface area contributed by atoms with Gasteiger partial charge in [-0.2, -0.15) is 0 Å². The second-order valence-corrected chi connectivity index (χ2v) is 6.27. The van der Waals surface area contributed by atoms with Crippen LogP contribution in [0, 0.1) is 15.9 Å². The van der Waals surface area contributed by atoms with Gasteiger partial charge in [-0.05, 0) is 18.6 Å². The van der Waals surface area contributed by atoms with E-state index in [-0.39, 0.29) is 18.5 Å². The molecule has 17 heavy (non-hydrogen) atoms. The van der Waals surface area contributed by atoms with Crippen molar-refractivity contribution in [3.05, 3.63) is 39.7 Å². The number of halogens is 1. The van der Waals surface area contributed by atoms with Crippen molar-refractivity contribution in [3.63, 3.8) is 0 Å². The summed E-state index contributed by atoms with van der Waals surface area (Å²) in [5.74, 6) is -0.717. The Bertz CT molecular complexity index is 477. The molecule has 0 radical (unpaired) electrons. The molecule has 0 saturated heterocycles. The summed E-state index contributed by atoms with van der Waals surface area (Å²) in [4.78, 5) is 9.85. The van der Waals surface area contributed by atoms with Gasteiger partial charge in [0.2, 0.25) is 7.37 Å². The van der Waals surface area contributed by atoms with Crippen LogP contribution in [-0.4, -0.2) is 18.2 Å². The maximum Gasteiger partial charge on any atom is 0.272 e. The zero-order chi connectivity index (χ0) is 13.1. The minimum atomic E-state index is -2.87. The monoisotopic (exact) mass is 261 g/mol. The van der Waals surface area contributed by atoms with Gasteiger partial charge in [0.05, 0.1) is 17.6 Å². The zero-order valence-electron chi connectivity index (χ0n) is 9.55. The predicted octanol–water partition coefficient (Wildman–Crippen LogP) is 3.18. The Kier molecular flexibility index (Phi) is 4.37. The van der Waals surface area contributed by atoms with Crippen molar-refractivity contribution in [2.75, 3.05) is 13.3 Å². The van der Waals surface area contributed by atoms with Gasteiger partial charge in [-0.15, -0.1) is 0 Å². The van der Waals surface area contributed by atoms with Gasteiger partial charge >= 0.3 is 0 Å². The molecule has 1 aromatic rings. The summed E-state index contributed by atoms with van der Waals surface area (Å²) < 4.78 is 30.0. The van der Waals surface area contributed by atoms with Gasteiger partial charge in [0.1, 0.15) is 5.82 Å². The van der Waals surface area contributed by atoms with Gasteiger partial charge in [-0.3, -0.25) is 14.7 Å². The van der Waals surface area contributed by atoms with E-state index in [0.29, 0.717) is 5.56 Å². The van der Waals surface area contributed by atoms with Crippen LogP contribution in [0.1, 0.15) is 12.5 Å². The molecule has 0 aliphatic rings. The Balaban J connectivity index is 2.99. The minimum absolute atomic E-state index is 0.0144. The Morgan fingerprint density at radius 2 is 2.12 bits per heavy atom. The number of nitrogens with zero attached hydrogens (tertiary/aromatic N) is 1. The first-order valence-corrected chi connectivity index (χ1v) is 7.24. The lowest BCUT2D eigenvalue weighted by Gasteiger charge is -2.12.